The molecule has 0 unspecified atom stereocenters. The molecule has 1 saturated heterocycles. The van der Waals surface area contributed by atoms with Crippen molar-refractivity contribution in [3.63, 3.8) is 0 Å². The third-order valence-corrected chi connectivity index (χ3v) is 11.2. The highest BCUT2D eigenvalue weighted by Gasteiger charge is 2.39. The number of benzene rings is 2. The Morgan fingerprint density at radius 2 is 1.62 bits per heavy atom. The summed E-state index contributed by atoms with van der Waals surface area (Å²) in [6.45, 7) is 12.5. The smallest absolute Gasteiger partial charge is 0.414 e. The first-order valence-electron chi connectivity index (χ1n) is 11.6. The molecule has 0 radical (unpaired) electrons. The zero-order valence-corrected chi connectivity index (χ0v) is 21.1. The second-order valence-electron chi connectivity index (χ2n) is 9.99. The second kappa shape index (κ2) is 10.5. The molecule has 2 aromatic rings. The quantitative estimate of drug-likeness (QED) is 0.306. The van der Waals surface area contributed by atoms with Gasteiger partial charge in [-0.1, -0.05) is 87.5 Å². The summed E-state index contributed by atoms with van der Waals surface area (Å²) in [6, 6.07) is 20.7. The summed E-state index contributed by atoms with van der Waals surface area (Å²) in [5.74, 6) is 0.0513. The Morgan fingerprint density at radius 3 is 2.16 bits per heavy atom. The molecule has 1 fully saturated rings. The zero-order chi connectivity index (χ0) is 23.2. The van der Waals surface area contributed by atoms with E-state index in [2.05, 4.69) is 64.2 Å². The molecule has 1 aliphatic rings. The maximum atomic E-state index is 12.5. The minimum Gasteiger partial charge on any atom is -0.447 e. The van der Waals surface area contributed by atoms with Crippen molar-refractivity contribution in [3.05, 3.63) is 84.1 Å². The van der Waals surface area contributed by atoms with Crippen molar-refractivity contribution < 1.29 is 14.0 Å². The van der Waals surface area contributed by atoms with Gasteiger partial charge < -0.3 is 9.16 Å². The Bertz CT molecular complexity index is 851. The highest BCUT2D eigenvalue weighted by molar-refractivity contribution is 6.74. The Morgan fingerprint density at radius 1 is 1.06 bits per heavy atom. The van der Waals surface area contributed by atoms with Gasteiger partial charge in [0.25, 0.3) is 0 Å². The molecule has 0 saturated carbocycles. The Hall–Kier alpha value is -2.37. The topological polar surface area (TPSA) is 38.8 Å². The van der Waals surface area contributed by atoms with Crippen LogP contribution in [0.5, 0.6) is 0 Å². The molecule has 2 aromatic carbocycles. The van der Waals surface area contributed by atoms with E-state index in [-0.39, 0.29) is 23.1 Å². The van der Waals surface area contributed by atoms with Crippen LogP contribution in [-0.2, 0) is 9.16 Å². The first-order chi connectivity index (χ1) is 15.2. The zero-order valence-electron chi connectivity index (χ0n) is 20.1. The summed E-state index contributed by atoms with van der Waals surface area (Å²) in [5.41, 5.74) is 2.37. The average Bonchev–Trinajstić information content (AvgIpc) is 3.11. The predicted octanol–water partition coefficient (Wildman–Crippen LogP) is 6.96. The molecule has 4 nitrogen and oxygen atoms in total. The van der Waals surface area contributed by atoms with E-state index >= 15 is 0 Å². The fourth-order valence-corrected chi connectivity index (χ4v) is 4.85. The number of hydrogen-bond donors (Lipinski definition) is 0. The molecule has 5 heteroatoms. The number of nitrogens with zero attached hydrogens (tertiary/aromatic N) is 1. The van der Waals surface area contributed by atoms with Crippen molar-refractivity contribution in [3.8, 4) is 0 Å². The predicted molar refractivity (Wildman–Crippen MR) is 133 cm³/mol. The summed E-state index contributed by atoms with van der Waals surface area (Å²) in [7, 11) is -1.71. The van der Waals surface area contributed by atoms with E-state index in [0.717, 1.165) is 19.4 Å². The van der Waals surface area contributed by atoms with Crippen molar-refractivity contribution in [2.24, 2.45) is 0 Å². The molecule has 1 atom stereocenters. The number of rotatable bonds is 9. The molecule has 1 amide bonds. The Kier molecular flexibility index (Phi) is 7.96. The molecule has 0 aliphatic carbocycles. The minimum absolute atomic E-state index is 0.0513. The van der Waals surface area contributed by atoms with Crippen LogP contribution in [0.3, 0.4) is 0 Å². The van der Waals surface area contributed by atoms with Crippen molar-refractivity contribution in [1.82, 2.24) is 4.90 Å². The highest BCUT2D eigenvalue weighted by atomic mass is 28.4. The van der Waals surface area contributed by atoms with Crippen LogP contribution in [0.25, 0.3) is 0 Å². The number of carbonyl (C=O) groups is 1. The lowest BCUT2D eigenvalue weighted by atomic mass is 9.85. The van der Waals surface area contributed by atoms with E-state index in [1.54, 1.807) is 4.90 Å². The van der Waals surface area contributed by atoms with Gasteiger partial charge in [0, 0.05) is 18.7 Å². The lowest BCUT2D eigenvalue weighted by Crippen LogP contribution is -2.40. The van der Waals surface area contributed by atoms with Crippen LogP contribution in [0.1, 0.15) is 50.7 Å². The van der Waals surface area contributed by atoms with Crippen LogP contribution in [-0.4, -0.2) is 38.6 Å². The largest absolute Gasteiger partial charge is 0.447 e. The molecule has 0 N–H and O–H groups in total. The van der Waals surface area contributed by atoms with E-state index < -0.39 is 8.32 Å². The molecule has 32 heavy (non-hydrogen) atoms. The van der Waals surface area contributed by atoms with Gasteiger partial charge in [0.1, 0.15) is 6.61 Å². The van der Waals surface area contributed by atoms with Gasteiger partial charge in [-0.2, -0.15) is 0 Å². The Labute approximate surface area is 194 Å². The molecular formula is C27H37NO3Si. The molecule has 0 spiro atoms. The summed E-state index contributed by atoms with van der Waals surface area (Å²) in [5, 5.41) is 0.221. The van der Waals surface area contributed by atoms with Gasteiger partial charge in [0.2, 0.25) is 0 Å². The van der Waals surface area contributed by atoms with Crippen molar-refractivity contribution >= 4 is 14.4 Å². The monoisotopic (exact) mass is 451 g/mol. The van der Waals surface area contributed by atoms with E-state index in [0.29, 0.717) is 6.61 Å². The van der Waals surface area contributed by atoms with Crippen molar-refractivity contribution in [2.45, 2.75) is 63.7 Å². The molecule has 172 valence electrons. The number of cyclic esters (lactones) is 1. The minimum atomic E-state index is -1.71. The van der Waals surface area contributed by atoms with E-state index in [1.165, 1.54) is 11.1 Å². The standard InChI is InChI=1S/C27H37NO3Si/c1-27(2,3)32(4,5)31-20-14-8-13-19-28-24(21-30-26(28)29)25(22-15-9-6-10-16-22)23-17-11-7-12-18-23/h6-7,9-13,15-19,24-25H,8,14,20-21H2,1-5H3/b19-13+/t24-/m0/s1. The van der Waals surface area contributed by atoms with Gasteiger partial charge >= 0.3 is 6.09 Å². The SMILES string of the molecule is CC(C)(C)[Si](C)(C)OCCC/C=C/N1C(=O)OC[C@H]1C(c1ccccc1)c1ccccc1. The Balaban J connectivity index is 1.67. The molecular weight excluding hydrogens is 414 g/mol. The van der Waals surface area contributed by atoms with Gasteiger partial charge in [-0.15, -0.1) is 0 Å². The van der Waals surface area contributed by atoms with Crippen molar-refractivity contribution in [1.29, 1.82) is 0 Å². The lowest BCUT2D eigenvalue weighted by Gasteiger charge is -2.36. The number of allylic oxidation sites excluding steroid dienone is 1. The van der Waals surface area contributed by atoms with Gasteiger partial charge in [-0.05, 0) is 42.1 Å². The summed E-state index contributed by atoms with van der Waals surface area (Å²) < 4.78 is 11.7. The third kappa shape index (κ3) is 5.90. The fraction of sp³-hybridized carbons (Fsp3) is 0.444. The van der Waals surface area contributed by atoms with E-state index in [1.807, 2.05) is 42.6 Å². The molecule has 0 aromatic heterocycles. The molecule has 1 aliphatic heterocycles. The summed E-state index contributed by atoms with van der Waals surface area (Å²) >= 11 is 0. The first-order valence-corrected chi connectivity index (χ1v) is 14.5. The van der Waals surface area contributed by atoms with Crippen LogP contribution in [0, 0.1) is 0 Å². The first kappa shape index (κ1) is 24.3. The third-order valence-electron chi connectivity index (χ3n) is 6.70. The number of amides is 1. The van der Waals surface area contributed by atoms with Crippen molar-refractivity contribution in [2.75, 3.05) is 13.2 Å². The highest BCUT2D eigenvalue weighted by Crippen LogP contribution is 2.37. The lowest BCUT2D eigenvalue weighted by molar-refractivity contribution is 0.166. The maximum absolute atomic E-state index is 12.5. The summed E-state index contributed by atoms with van der Waals surface area (Å²) in [6.07, 6.45) is 5.51. The number of unbranched alkanes of at least 4 members (excludes halogenated alkanes) is 1. The number of hydrogen-bond acceptors (Lipinski definition) is 3. The van der Waals surface area contributed by atoms with Crippen LogP contribution < -0.4 is 0 Å². The van der Waals surface area contributed by atoms with Crippen LogP contribution >= 0.6 is 0 Å². The van der Waals surface area contributed by atoms with E-state index in [9.17, 15) is 4.79 Å². The van der Waals surface area contributed by atoms with Crippen LogP contribution in [0.2, 0.25) is 18.1 Å². The van der Waals surface area contributed by atoms with Gasteiger partial charge in [0.05, 0.1) is 6.04 Å². The van der Waals surface area contributed by atoms with Crippen LogP contribution in [0.15, 0.2) is 72.9 Å². The maximum Gasteiger partial charge on any atom is 0.414 e. The molecule has 0 bridgehead atoms. The van der Waals surface area contributed by atoms with Gasteiger partial charge in [-0.3, -0.25) is 4.90 Å². The van der Waals surface area contributed by atoms with Gasteiger partial charge in [-0.25, -0.2) is 4.79 Å². The molecule has 1 heterocycles. The normalized spacial score (nSPS) is 17.4. The average molecular weight is 452 g/mol. The number of carbonyl (C=O) groups excluding carboxylic acids is 1. The molecule has 3 rings (SSSR count). The summed E-state index contributed by atoms with van der Waals surface area (Å²) in [4.78, 5) is 14.3. The van der Waals surface area contributed by atoms with E-state index in [4.69, 9.17) is 9.16 Å². The second-order valence-corrected chi connectivity index (χ2v) is 14.8. The fourth-order valence-electron chi connectivity index (χ4n) is 3.77. The van der Waals surface area contributed by atoms with Gasteiger partial charge in [0.15, 0.2) is 8.32 Å². The number of ether oxygens (including phenoxy) is 1. The van der Waals surface area contributed by atoms with Crippen LogP contribution in [0.4, 0.5) is 4.79 Å².